The molecule has 1 atom stereocenters. The first-order valence-electron chi connectivity index (χ1n) is 10.6. The van der Waals surface area contributed by atoms with E-state index in [1.165, 1.54) is 29.7 Å². The van der Waals surface area contributed by atoms with Crippen molar-refractivity contribution in [3.8, 4) is 0 Å². The molecule has 2 aliphatic rings. The highest BCUT2D eigenvalue weighted by Gasteiger charge is 2.17. The fourth-order valence-corrected chi connectivity index (χ4v) is 4.37. The van der Waals surface area contributed by atoms with Crippen LogP contribution in [0.4, 0.5) is 0 Å². The first kappa shape index (κ1) is 19.1. The van der Waals surface area contributed by atoms with Gasteiger partial charge in [-0.1, -0.05) is 24.3 Å². The second kappa shape index (κ2) is 8.82. The number of fused-ring (bicyclic) bond motifs is 1. The lowest BCUT2D eigenvalue weighted by atomic mass is 9.97. The van der Waals surface area contributed by atoms with Crippen molar-refractivity contribution in [2.45, 2.75) is 51.9 Å². The second-order valence-electron chi connectivity index (χ2n) is 8.16. The quantitative estimate of drug-likeness (QED) is 0.776. The summed E-state index contributed by atoms with van der Waals surface area (Å²) in [7, 11) is 0. The van der Waals surface area contributed by atoms with Crippen LogP contribution in [0, 0.1) is 12.8 Å². The summed E-state index contributed by atoms with van der Waals surface area (Å²) in [6, 6.07) is 8.51. The normalized spacial score (nSPS) is 18.2. The van der Waals surface area contributed by atoms with Crippen molar-refractivity contribution in [3.63, 3.8) is 0 Å². The number of rotatable bonds is 7. The average Bonchev–Trinajstić information content (AvgIpc) is 3.35. The lowest BCUT2D eigenvalue weighted by molar-refractivity contribution is -0.120. The Balaban J connectivity index is 1.23. The molecule has 0 bridgehead atoms. The summed E-state index contributed by atoms with van der Waals surface area (Å²) in [5, 5.41) is 6.43. The number of aryl methyl sites for hydroxylation is 2. The summed E-state index contributed by atoms with van der Waals surface area (Å²) in [6.45, 7) is 4.92. The van der Waals surface area contributed by atoms with E-state index in [9.17, 15) is 4.79 Å². The van der Waals surface area contributed by atoms with E-state index in [0.29, 0.717) is 19.4 Å². The highest BCUT2D eigenvalue weighted by molar-refractivity contribution is 5.78. The van der Waals surface area contributed by atoms with Crippen LogP contribution in [-0.4, -0.2) is 35.5 Å². The monoisotopic (exact) mass is 378 g/mol. The third-order valence-corrected chi connectivity index (χ3v) is 5.93. The van der Waals surface area contributed by atoms with Crippen molar-refractivity contribution in [3.05, 3.63) is 58.2 Å². The third-order valence-electron chi connectivity index (χ3n) is 5.93. The van der Waals surface area contributed by atoms with Crippen LogP contribution in [0.15, 0.2) is 24.3 Å². The largest absolute Gasteiger partial charge is 0.355 e. The minimum absolute atomic E-state index is 0.0608. The molecule has 1 amide bonds. The molecule has 1 aromatic carbocycles. The van der Waals surface area contributed by atoms with E-state index in [-0.39, 0.29) is 5.91 Å². The zero-order chi connectivity index (χ0) is 19.3. The van der Waals surface area contributed by atoms with Crippen LogP contribution in [0.1, 0.15) is 46.7 Å². The first-order valence-corrected chi connectivity index (χ1v) is 10.6. The van der Waals surface area contributed by atoms with Gasteiger partial charge in [-0.05, 0) is 74.7 Å². The number of amides is 1. The van der Waals surface area contributed by atoms with Gasteiger partial charge in [0.25, 0.3) is 0 Å². The molecular formula is C23H30N4O. The van der Waals surface area contributed by atoms with Gasteiger partial charge in [-0.25, -0.2) is 9.97 Å². The Morgan fingerprint density at radius 2 is 2.00 bits per heavy atom. The third kappa shape index (κ3) is 4.76. The Labute approximate surface area is 167 Å². The maximum atomic E-state index is 12.3. The molecule has 5 heteroatoms. The van der Waals surface area contributed by atoms with Crippen LogP contribution in [0.3, 0.4) is 0 Å². The lowest BCUT2D eigenvalue weighted by Gasteiger charge is -2.10. The van der Waals surface area contributed by atoms with Crippen LogP contribution >= 0.6 is 0 Å². The number of nitrogens with zero attached hydrogens (tertiary/aromatic N) is 2. The minimum atomic E-state index is 0.0608. The van der Waals surface area contributed by atoms with Crippen molar-refractivity contribution in [1.82, 2.24) is 20.6 Å². The van der Waals surface area contributed by atoms with Gasteiger partial charge in [0.1, 0.15) is 5.82 Å². The van der Waals surface area contributed by atoms with Gasteiger partial charge in [-0.15, -0.1) is 0 Å². The Morgan fingerprint density at radius 1 is 1.18 bits per heavy atom. The van der Waals surface area contributed by atoms with Crippen molar-refractivity contribution in [2.24, 2.45) is 5.92 Å². The second-order valence-corrected chi connectivity index (χ2v) is 8.16. The molecular weight excluding hydrogens is 348 g/mol. The minimum Gasteiger partial charge on any atom is -0.355 e. The summed E-state index contributed by atoms with van der Waals surface area (Å²) in [6.07, 6.45) is 6.85. The molecule has 148 valence electrons. The van der Waals surface area contributed by atoms with Crippen LogP contribution in [0.2, 0.25) is 0 Å². The number of hydrogen-bond acceptors (Lipinski definition) is 4. The number of aromatic nitrogens is 2. The van der Waals surface area contributed by atoms with E-state index >= 15 is 0 Å². The molecule has 28 heavy (non-hydrogen) atoms. The van der Waals surface area contributed by atoms with Gasteiger partial charge in [0.15, 0.2) is 0 Å². The van der Waals surface area contributed by atoms with Gasteiger partial charge < -0.3 is 10.6 Å². The van der Waals surface area contributed by atoms with Crippen molar-refractivity contribution < 1.29 is 4.79 Å². The molecule has 4 rings (SSSR count). The topological polar surface area (TPSA) is 66.9 Å². The van der Waals surface area contributed by atoms with Crippen LogP contribution < -0.4 is 10.6 Å². The molecule has 0 spiro atoms. The molecule has 1 aliphatic carbocycles. The van der Waals surface area contributed by atoms with Crippen LogP contribution in [-0.2, 0) is 36.9 Å². The van der Waals surface area contributed by atoms with E-state index in [2.05, 4.69) is 51.8 Å². The molecule has 1 aliphatic heterocycles. The number of hydrogen-bond donors (Lipinski definition) is 2. The fourth-order valence-electron chi connectivity index (χ4n) is 4.37. The predicted octanol–water partition coefficient (Wildman–Crippen LogP) is 2.33. The number of nitrogens with one attached hydrogen (secondary N) is 2. The Kier molecular flexibility index (Phi) is 6.01. The number of carbonyl (C=O) groups excluding carboxylic acids is 1. The maximum Gasteiger partial charge on any atom is 0.224 e. The van der Waals surface area contributed by atoms with E-state index in [0.717, 1.165) is 55.4 Å². The van der Waals surface area contributed by atoms with Gasteiger partial charge in [0.05, 0.1) is 6.42 Å². The zero-order valence-electron chi connectivity index (χ0n) is 16.8. The molecule has 0 saturated carbocycles. The van der Waals surface area contributed by atoms with Crippen molar-refractivity contribution >= 4 is 5.91 Å². The molecule has 0 radical (unpaired) electrons. The fraction of sp³-hybridized carbons (Fsp3) is 0.522. The summed E-state index contributed by atoms with van der Waals surface area (Å²) >= 11 is 0. The van der Waals surface area contributed by atoms with Gasteiger partial charge in [0, 0.05) is 24.4 Å². The molecule has 2 heterocycles. The highest BCUT2D eigenvalue weighted by atomic mass is 16.1. The maximum absolute atomic E-state index is 12.3. The van der Waals surface area contributed by atoms with Gasteiger partial charge in [-0.2, -0.15) is 0 Å². The molecule has 1 saturated heterocycles. The summed E-state index contributed by atoms with van der Waals surface area (Å²) in [4.78, 5) is 21.6. The van der Waals surface area contributed by atoms with Crippen molar-refractivity contribution in [1.29, 1.82) is 0 Å². The lowest BCUT2D eigenvalue weighted by Crippen LogP contribution is -2.27. The summed E-state index contributed by atoms with van der Waals surface area (Å²) in [5.74, 6) is 1.66. The average molecular weight is 379 g/mol. The Bertz CT molecular complexity index is 825. The molecule has 1 aromatic heterocycles. The molecule has 2 aromatic rings. The first-order chi connectivity index (χ1) is 13.7. The standard InChI is InChI=1S/C23H30N4O/c1-16-20-3-2-4-21(20)27-22(26-16)10-12-25-23(28)14-18-7-5-17(6-8-18)13-19-9-11-24-15-19/h5-8,19,24H,2-4,9-15H2,1H3,(H,25,28). The zero-order valence-corrected chi connectivity index (χ0v) is 16.8. The van der Waals surface area contributed by atoms with Gasteiger partial charge >= 0.3 is 0 Å². The highest BCUT2D eigenvalue weighted by Crippen LogP contribution is 2.22. The van der Waals surface area contributed by atoms with Gasteiger partial charge in [-0.3, -0.25) is 4.79 Å². The molecule has 5 nitrogen and oxygen atoms in total. The van der Waals surface area contributed by atoms with E-state index in [1.807, 2.05) is 0 Å². The SMILES string of the molecule is Cc1nc(CCNC(=O)Cc2ccc(CC3CCNC3)cc2)nc2c1CCC2. The van der Waals surface area contributed by atoms with E-state index in [1.54, 1.807) is 0 Å². The smallest absolute Gasteiger partial charge is 0.224 e. The summed E-state index contributed by atoms with van der Waals surface area (Å²) in [5.41, 5.74) is 6.08. The summed E-state index contributed by atoms with van der Waals surface area (Å²) < 4.78 is 0. The van der Waals surface area contributed by atoms with Crippen LogP contribution in [0.5, 0.6) is 0 Å². The predicted molar refractivity (Wildman–Crippen MR) is 110 cm³/mol. The molecule has 2 N–H and O–H groups in total. The Hall–Kier alpha value is -2.27. The number of benzene rings is 1. The Morgan fingerprint density at radius 3 is 2.79 bits per heavy atom. The van der Waals surface area contributed by atoms with Gasteiger partial charge in [0.2, 0.25) is 5.91 Å². The van der Waals surface area contributed by atoms with E-state index in [4.69, 9.17) is 0 Å². The number of carbonyl (C=O) groups is 1. The van der Waals surface area contributed by atoms with Crippen LogP contribution in [0.25, 0.3) is 0 Å². The van der Waals surface area contributed by atoms with E-state index < -0.39 is 0 Å². The van der Waals surface area contributed by atoms with Crippen molar-refractivity contribution in [2.75, 3.05) is 19.6 Å². The molecule has 1 fully saturated rings. The molecule has 1 unspecified atom stereocenters.